The third kappa shape index (κ3) is 3.40. The summed E-state index contributed by atoms with van der Waals surface area (Å²) in [6.07, 6.45) is 4.68. The fraction of sp³-hybridized carbons (Fsp3) is 0.348. The number of hydrogen-bond donors (Lipinski definition) is 3. The van der Waals surface area contributed by atoms with Crippen LogP contribution in [-0.2, 0) is 16.9 Å². The number of nitrogens with one attached hydrogen (secondary N) is 1. The van der Waals surface area contributed by atoms with E-state index in [2.05, 4.69) is 5.32 Å². The van der Waals surface area contributed by atoms with Crippen molar-refractivity contribution in [2.45, 2.75) is 38.0 Å². The third-order valence-corrected chi connectivity index (χ3v) is 5.96. The highest BCUT2D eigenvalue weighted by molar-refractivity contribution is 5.88. The molecule has 30 heavy (non-hydrogen) atoms. The number of primary amides is 1. The van der Waals surface area contributed by atoms with E-state index in [0.717, 1.165) is 29.7 Å². The van der Waals surface area contributed by atoms with E-state index in [1.54, 1.807) is 36.8 Å². The van der Waals surface area contributed by atoms with E-state index < -0.39 is 11.4 Å². The molecule has 158 valence electrons. The van der Waals surface area contributed by atoms with Gasteiger partial charge in [-0.1, -0.05) is 18.2 Å². The predicted molar refractivity (Wildman–Crippen MR) is 113 cm³/mol. The zero-order valence-corrected chi connectivity index (χ0v) is 17.0. The van der Waals surface area contributed by atoms with Crippen molar-refractivity contribution >= 4 is 11.6 Å². The SMILES string of the molecule is Cc1cccc(CO)c1NC1CCN(C(C(N)=O)(c2ccco2)c2ccco2)CC1. The highest BCUT2D eigenvalue weighted by Gasteiger charge is 2.51. The van der Waals surface area contributed by atoms with Gasteiger partial charge in [0.05, 0.1) is 19.1 Å². The number of hydrogen-bond acceptors (Lipinski definition) is 6. The lowest BCUT2D eigenvalue weighted by Gasteiger charge is -2.43. The van der Waals surface area contributed by atoms with Gasteiger partial charge in [-0.3, -0.25) is 9.69 Å². The predicted octanol–water partition coefficient (Wildman–Crippen LogP) is 2.98. The quantitative estimate of drug-likeness (QED) is 0.554. The van der Waals surface area contributed by atoms with E-state index in [4.69, 9.17) is 14.6 Å². The van der Waals surface area contributed by atoms with Gasteiger partial charge in [-0.2, -0.15) is 0 Å². The van der Waals surface area contributed by atoms with Crippen molar-refractivity contribution in [1.29, 1.82) is 0 Å². The van der Waals surface area contributed by atoms with Crippen LogP contribution in [0.5, 0.6) is 0 Å². The largest absolute Gasteiger partial charge is 0.466 e. The molecule has 1 aliphatic rings. The summed E-state index contributed by atoms with van der Waals surface area (Å²) in [4.78, 5) is 14.9. The van der Waals surface area contributed by atoms with Crippen LogP contribution >= 0.6 is 0 Å². The average Bonchev–Trinajstić information content (AvgIpc) is 3.46. The van der Waals surface area contributed by atoms with Crippen molar-refractivity contribution in [3.05, 3.63) is 77.6 Å². The number of para-hydroxylation sites is 1. The van der Waals surface area contributed by atoms with Gasteiger partial charge in [0.15, 0.2) is 0 Å². The molecule has 4 N–H and O–H groups in total. The molecule has 1 amide bonds. The van der Waals surface area contributed by atoms with E-state index in [1.807, 2.05) is 30.0 Å². The van der Waals surface area contributed by atoms with Crippen LogP contribution in [0.4, 0.5) is 5.69 Å². The summed E-state index contributed by atoms with van der Waals surface area (Å²) in [5.74, 6) is 0.385. The van der Waals surface area contributed by atoms with Gasteiger partial charge in [-0.05, 0) is 49.6 Å². The van der Waals surface area contributed by atoms with Crippen molar-refractivity contribution in [1.82, 2.24) is 4.90 Å². The Hall–Kier alpha value is -3.03. The Bertz CT molecular complexity index is 940. The molecule has 7 nitrogen and oxygen atoms in total. The highest BCUT2D eigenvalue weighted by atomic mass is 16.4. The number of likely N-dealkylation sites (tertiary alicyclic amines) is 1. The smallest absolute Gasteiger partial charge is 0.253 e. The van der Waals surface area contributed by atoms with E-state index in [0.29, 0.717) is 24.6 Å². The first-order valence-corrected chi connectivity index (χ1v) is 10.2. The standard InChI is InChI=1S/C23H27N3O4/c1-16-5-2-6-17(15-27)21(16)25-18-9-11-26(12-10-18)23(22(24)28,19-7-3-13-29-19)20-8-4-14-30-20/h2-8,13-14,18,25,27H,9-12,15H2,1H3,(H2,24,28). The molecule has 0 aliphatic carbocycles. The average molecular weight is 409 g/mol. The Morgan fingerprint density at radius 1 is 1.13 bits per heavy atom. The summed E-state index contributed by atoms with van der Waals surface area (Å²) in [6.45, 7) is 3.28. The maximum atomic E-state index is 12.8. The molecule has 2 aromatic heterocycles. The van der Waals surface area contributed by atoms with Gasteiger partial charge in [-0.15, -0.1) is 0 Å². The number of furan rings is 2. The van der Waals surface area contributed by atoms with E-state index >= 15 is 0 Å². The first-order chi connectivity index (χ1) is 14.6. The molecule has 7 heteroatoms. The molecular weight excluding hydrogens is 382 g/mol. The van der Waals surface area contributed by atoms with Crippen LogP contribution in [0.2, 0.25) is 0 Å². The maximum absolute atomic E-state index is 12.8. The Balaban J connectivity index is 1.58. The topological polar surface area (TPSA) is 105 Å². The van der Waals surface area contributed by atoms with Crippen LogP contribution in [0.25, 0.3) is 0 Å². The number of rotatable bonds is 7. The number of piperidine rings is 1. The minimum absolute atomic E-state index is 0.00929. The van der Waals surface area contributed by atoms with Crippen LogP contribution in [0.1, 0.15) is 35.5 Å². The van der Waals surface area contributed by atoms with Crippen molar-refractivity contribution in [2.24, 2.45) is 5.73 Å². The van der Waals surface area contributed by atoms with Crippen molar-refractivity contribution in [3.63, 3.8) is 0 Å². The van der Waals surface area contributed by atoms with Crippen molar-refractivity contribution < 1.29 is 18.7 Å². The number of amides is 1. The third-order valence-electron chi connectivity index (χ3n) is 5.96. The molecule has 1 aliphatic heterocycles. The van der Waals surface area contributed by atoms with Crippen LogP contribution in [0, 0.1) is 6.92 Å². The molecule has 1 saturated heterocycles. The second-order valence-electron chi connectivity index (χ2n) is 7.70. The Morgan fingerprint density at radius 3 is 2.27 bits per heavy atom. The maximum Gasteiger partial charge on any atom is 0.253 e. The Labute approximate surface area is 175 Å². The molecule has 0 spiro atoms. The van der Waals surface area contributed by atoms with E-state index in [-0.39, 0.29) is 12.6 Å². The number of benzene rings is 1. The lowest BCUT2D eigenvalue weighted by atomic mass is 9.87. The van der Waals surface area contributed by atoms with Crippen LogP contribution in [0.15, 0.2) is 63.8 Å². The number of aryl methyl sites for hydroxylation is 1. The molecule has 1 aromatic carbocycles. The molecule has 3 aromatic rings. The number of nitrogens with two attached hydrogens (primary N) is 1. The summed E-state index contributed by atoms with van der Waals surface area (Å²) >= 11 is 0. The van der Waals surface area contributed by atoms with Gasteiger partial charge in [-0.25, -0.2) is 0 Å². The first-order valence-electron chi connectivity index (χ1n) is 10.2. The molecular formula is C23H27N3O4. The van der Waals surface area contributed by atoms with Gasteiger partial charge in [0.25, 0.3) is 5.91 Å². The van der Waals surface area contributed by atoms with Gasteiger partial charge in [0, 0.05) is 30.4 Å². The first kappa shape index (κ1) is 20.3. The monoisotopic (exact) mass is 409 g/mol. The van der Waals surface area contributed by atoms with Crippen LogP contribution in [0.3, 0.4) is 0 Å². The molecule has 3 heterocycles. The highest BCUT2D eigenvalue weighted by Crippen LogP contribution is 2.39. The van der Waals surface area contributed by atoms with Gasteiger partial charge < -0.3 is 25.0 Å². The lowest BCUT2D eigenvalue weighted by Crippen LogP contribution is -2.58. The second kappa shape index (κ2) is 8.38. The Kier molecular flexibility index (Phi) is 5.65. The number of nitrogens with zero attached hydrogens (tertiary/aromatic N) is 1. The van der Waals surface area contributed by atoms with E-state index in [1.165, 1.54) is 0 Å². The Morgan fingerprint density at radius 2 is 1.77 bits per heavy atom. The van der Waals surface area contributed by atoms with Crippen LogP contribution in [-0.4, -0.2) is 35.0 Å². The molecule has 0 radical (unpaired) electrons. The normalized spacial score (nSPS) is 15.9. The number of carbonyl (C=O) groups excluding carboxylic acids is 1. The van der Waals surface area contributed by atoms with E-state index in [9.17, 15) is 9.90 Å². The summed E-state index contributed by atoms with van der Waals surface area (Å²) in [7, 11) is 0. The fourth-order valence-electron chi connectivity index (χ4n) is 4.43. The zero-order chi connectivity index (χ0) is 21.1. The number of carbonyl (C=O) groups is 1. The minimum Gasteiger partial charge on any atom is -0.466 e. The molecule has 0 saturated carbocycles. The number of aliphatic hydroxyl groups excluding tert-OH is 1. The second-order valence-corrected chi connectivity index (χ2v) is 7.70. The van der Waals surface area contributed by atoms with Crippen molar-refractivity contribution in [2.75, 3.05) is 18.4 Å². The molecule has 0 bridgehead atoms. The summed E-state index contributed by atoms with van der Waals surface area (Å²) in [6, 6.07) is 13.1. The lowest BCUT2D eigenvalue weighted by molar-refractivity contribution is -0.131. The van der Waals surface area contributed by atoms with Gasteiger partial charge >= 0.3 is 0 Å². The summed E-state index contributed by atoms with van der Waals surface area (Å²) < 4.78 is 11.3. The van der Waals surface area contributed by atoms with Crippen molar-refractivity contribution in [3.8, 4) is 0 Å². The molecule has 4 rings (SSSR count). The zero-order valence-electron chi connectivity index (χ0n) is 17.0. The fourth-order valence-corrected chi connectivity index (χ4v) is 4.43. The van der Waals surface area contributed by atoms with Crippen LogP contribution < -0.4 is 11.1 Å². The molecule has 0 atom stereocenters. The number of aliphatic hydroxyl groups is 1. The molecule has 0 unspecified atom stereocenters. The van der Waals surface area contributed by atoms with Gasteiger partial charge in [0.2, 0.25) is 5.54 Å². The van der Waals surface area contributed by atoms with Gasteiger partial charge in [0.1, 0.15) is 11.5 Å². The summed E-state index contributed by atoms with van der Waals surface area (Å²) in [5, 5.41) is 13.3. The number of anilines is 1. The molecule has 1 fully saturated rings. The minimum atomic E-state index is -1.28. The summed E-state index contributed by atoms with van der Waals surface area (Å²) in [5.41, 5.74) is 7.64.